The molecule has 0 N–H and O–H groups in total. The van der Waals surface area contributed by atoms with Crippen LogP contribution in [0.4, 0.5) is 6.01 Å². The van der Waals surface area contributed by atoms with Crippen LogP contribution < -0.4 is 4.90 Å². The van der Waals surface area contributed by atoms with Crippen molar-refractivity contribution in [3.05, 3.63) is 59.7 Å². The van der Waals surface area contributed by atoms with Crippen molar-refractivity contribution in [3.8, 4) is 0 Å². The number of piperazine rings is 1. The fraction of sp³-hybridized carbons (Fsp3) is 0.333. The standard InChI is InChI=1S/C21H23N3O3/c1-15(16-6-4-3-5-7-16)23-10-12-24(13-11-23)21-22-18-9-8-17(20(25)26-2)14-19(18)27-21/h3-9,14-15H,10-13H2,1-2H3. The second-order valence-electron chi connectivity index (χ2n) is 6.78. The molecule has 1 aliphatic rings. The van der Waals surface area contributed by atoms with E-state index in [1.807, 2.05) is 6.07 Å². The van der Waals surface area contributed by atoms with Gasteiger partial charge < -0.3 is 14.1 Å². The molecule has 1 atom stereocenters. The molecule has 27 heavy (non-hydrogen) atoms. The van der Waals surface area contributed by atoms with Crippen molar-refractivity contribution >= 4 is 23.1 Å². The minimum absolute atomic E-state index is 0.377. The van der Waals surface area contributed by atoms with Gasteiger partial charge in [-0.05, 0) is 30.7 Å². The van der Waals surface area contributed by atoms with E-state index in [1.165, 1.54) is 12.7 Å². The molecule has 4 rings (SSSR count). The largest absolute Gasteiger partial charge is 0.465 e. The lowest BCUT2D eigenvalue weighted by atomic mass is 10.1. The van der Waals surface area contributed by atoms with E-state index in [0.717, 1.165) is 31.7 Å². The van der Waals surface area contributed by atoms with E-state index in [0.29, 0.717) is 23.2 Å². The van der Waals surface area contributed by atoms with Crippen LogP contribution in [-0.2, 0) is 4.74 Å². The predicted octanol–water partition coefficient (Wildman–Crippen LogP) is 3.50. The topological polar surface area (TPSA) is 58.8 Å². The number of anilines is 1. The first-order chi connectivity index (χ1) is 13.2. The number of benzene rings is 2. The van der Waals surface area contributed by atoms with Crippen LogP contribution >= 0.6 is 0 Å². The van der Waals surface area contributed by atoms with Crippen LogP contribution in [0.25, 0.3) is 11.1 Å². The predicted molar refractivity (Wildman–Crippen MR) is 104 cm³/mol. The Morgan fingerprint density at radius 2 is 1.85 bits per heavy atom. The van der Waals surface area contributed by atoms with Crippen molar-refractivity contribution in [1.82, 2.24) is 9.88 Å². The Morgan fingerprint density at radius 1 is 1.11 bits per heavy atom. The number of hydrogen-bond acceptors (Lipinski definition) is 6. The molecule has 0 saturated carbocycles. The zero-order valence-electron chi connectivity index (χ0n) is 15.6. The number of nitrogens with zero attached hydrogens (tertiary/aromatic N) is 3. The van der Waals surface area contributed by atoms with E-state index in [2.05, 4.69) is 46.0 Å². The number of carbonyl (C=O) groups is 1. The summed E-state index contributed by atoms with van der Waals surface area (Å²) in [5.41, 5.74) is 3.16. The van der Waals surface area contributed by atoms with Crippen molar-refractivity contribution in [2.75, 3.05) is 38.2 Å². The van der Waals surface area contributed by atoms with Crippen LogP contribution in [0, 0.1) is 0 Å². The van der Waals surface area contributed by atoms with Gasteiger partial charge >= 0.3 is 5.97 Å². The first kappa shape index (κ1) is 17.5. The molecule has 3 aromatic rings. The second kappa shape index (κ2) is 7.40. The van der Waals surface area contributed by atoms with Crippen LogP contribution in [0.1, 0.15) is 28.9 Å². The Kier molecular flexibility index (Phi) is 4.81. The molecule has 0 radical (unpaired) electrons. The number of esters is 1. The van der Waals surface area contributed by atoms with Crippen LogP contribution in [0.2, 0.25) is 0 Å². The van der Waals surface area contributed by atoms with E-state index >= 15 is 0 Å². The third-order valence-electron chi connectivity index (χ3n) is 5.21. The van der Waals surface area contributed by atoms with Gasteiger partial charge in [-0.15, -0.1) is 0 Å². The van der Waals surface area contributed by atoms with E-state index in [-0.39, 0.29) is 5.97 Å². The molecule has 0 bridgehead atoms. The Hall–Kier alpha value is -2.86. The summed E-state index contributed by atoms with van der Waals surface area (Å²) in [6.45, 7) is 5.85. The molecule has 140 valence electrons. The minimum atomic E-state index is -0.377. The van der Waals surface area contributed by atoms with E-state index in [1.54, 1.807) is 18.2 Å². The van der Waals surface area contributed by atoms with Crippen molar-refractivity contribution in [1.29, 1.82) is 0 Å². The molecule has 2 aromatic carbocycles. The van der Waals surface area contributed by atoms with Crippen molar-refractivity contribution in [2.24, 2.45) is 0 Å². The molecular formula is C21H23N3O3. The smallest absolute Gasteiger partial charge is 0.337 e. The fourth-order valence-corrected chi connectivity index (χ4v) is 3.54. The molecule has 1 aliphatic heterocycles. The van der Waals surface area contributed by atoms with Gasteiger partial charge in [-0.3, -0.25) is 4.90 Å². The highest BCUT2D eigenvalue weighted by atomic mass is 16.5. The Morgan fingerprint density at radius 3 is 2.56 bits per heavy atom. The fourth-order valence-electron chi connectivity index (χ4n) is 3.54. The van der Waals surface area contributed by atoms with E-state index in [9.17, 15) is 4.79 Å². The third kappa shape index (κ3) is 3.53. The summed E-state index contributed by atoms with van der Waals surface area (Å²) in [4.78, 5) is 20.9. The summed E-state index contributed by atoms with van der Waals surface area (Å²) in [5, 5.41) is 0. The molecule has 1 saturated heterocycles. The molecule has 2 heterocycles. The van der Waals surface area contributed by atoms with Gasteiger partial charge in [-0.2, -0.15) is 4.98 Å². The van der Waals surface area contributed by atoms with Gasteiger partial charge in [0.15, 0.2) is 5.58 Å². The van der Waals surface area contributed by atoms with Gasteiger partial charge in [0.05, 0.1) is 12.7 Å². The summed E-state index contributed by atoms with van der Waals surface area (Å²) < 4.78 is 10.7. The summed E-state index contributed by atoms with van der Waals surface area (Å²) >= 11 is 0. The second-order valence-corrected chi connectivity index (χ2v) is 6.78. The molecule has 6 heteroatoms. The first-order valence-corrected chi connectivity index (χ1v) is 9.18. The maximum atomic E-state index is 11.7. The van der Waals surface area contributed by atoms with Crippen molar-refractivity contribution in [3.63, 3.8) is 0 Å². The quantitative estimate of drug-likeness (QED) is 0.660. The summed E-state index contributed by atoms with van der Waals surface area (Å²) in [6.07, 6.45) is 0. The lowest BCUT2D eigenvalue weighted by Gasteiger charge is -2.37. The zero-order valence-corrected chi connectivity index (χ0v) is 15.6. The third-order valence-corrected chi connectivity index (χ3v) is 5.21. The monoisotopic (exact) mass is 365 g/mol. The van der Waals surface area contributed by atoms with Gasteiger partial charge in [0.2, 0.25) is 0 Å². The van der Waals surface area contributed by atoms with Gasteiger partial charge in [0, 0.05) is 32.2 Å². The van der Waals surface area contributed by atoms with Crippen LogP contribution in [0.3, 0.4) is 0 Å². The summed E-state index contributed by atoms with van der Waals surface area (Å²) in [7, 11) is 1.37. The highest BCUT2D eigenvalue weighted by Crippen LogP contribution is 2.26. The Bertz CT molecular complexity index is 930. The average molecular weight is 365 g/mol. The number of hydrogen-bond donors (Lipinski definition) is 0. The highest BCUT2D eigenvalue weighted by Gasteiger charge is 2.24. The lowest BCUT2D eigenvalue weighted by molar-refractivity contribution is 0.0601. The number of methoxy groups -OCH3 is 1. The zero-order chi connectivity index (χ0) is 18.8. The summed E-state index contributed by atoms with van der Waals surface area (Å²) in [6, 6.07) is 16.8. The molecule has 6 nitrogen and oxygen atoms in total. The number of ether oxygens (including phenoxy) is 1. The molecule has 1 fully saturated rings. The number of aromatic nitrogens is 1. The maximum Gasteiger partial charge on any atom is 0.337 e. The molecule has 0 amide bonds. The lowest BCUT2D eigenvalue weighted by Crippen LogP contribution is -2.47. The number of fused-ring (bicyclic) bond motifs is 1. The van der Waals surface area contributed by atoms with Crippen LogP contribution in [-0.4, -0.2) is 49.1 Å². The Balaban J connectivity index is 1.45. The van der Waals surface area contributed by atoms with E-state index < -0.39 is 0 Å². The molecule has 0 aliphatic carbocycles. The Labute approximate surface area is 158 Å². The first-order valence-electron chi connectivity index (χ1n) is 9.18. The van der Waals surface area contributed by atoms with Gasteiger partial charge in [0.1, 0.15) is 5.52 Å². The molecule has 1 aromatic heterocycles. The molecule has 0 spiro atoms. The number of carbonyl (C=O) groups excluding carboxylic acids is 1. The van der Waals surface area contributed by atoms with Gasteiger partial charge in [-0.1, -0.05) is 30.3 Å². The molecule has 1 unspecified atom stereocenters. The van der Waals surface area contributed by atoms with Crippen LogP contribution in [0.5, 0.6) is 0 Å². The van der Waals surface area contributed by atoms with Gasteiger partial charge in [-0.25, -0.2) is 4.79 Å². The minimum Gasteiger partial charge on any atom is -0.465 e. The normalized spacial score (nSPS) is 16.4. The molecular weight excluding hydrogens is 342 g/mol. The SMILES string of the molecule is COC(=O)c1ccc2nc(N3CCN(C(C)c4ccccc4)CC3)oc2c1. The number of rotatable bonds is 4. The maximum absolute atomic E-state index is 11.7. The van der Waals surface area contributed by atoms with Crippen LogP contribution in [0.15, 0.2) is 52.9 Å². The van der Waals surface area contributed by atoms with Gasteiger partial charge in [0.25, 0.3) is 6.01 Å². The highest BCUT2D eigenvalue weighted by molar-refractivity contribution is 5.93. The number of oxazole rings is 1. The van der Waals surface area contributed by atoms with E-state index in [4.69, 9.17) is 9.15 Å². The van der Waals surface area contributed by atoms with Crippen molar-refractivity contribution in [2.45, 2.75) is 13.0 Å². The average Bonchev–Trinajstić information content (AvgIpc) is 3.16. The van der Waals surface area contributed by atoms with Crippen molar-refractivity contribution < 1.29 is 13.9 Å². The summed E-state index contributed by atoms with van der Waals surface area (Å²) in [5.74, 6) is -0.377.